The molecule has 0 aliphatic carbocycles. The lowest BCUT2D eigenvalue weighted by molar-refractivity contribution is -0.148. The van der Waals surface area contributed by atoms with E-state index >= 15 is 0 Å². The molecule has 1 fully saturated rings. The van der Waals surface area contributed by atoms with Crippen LogP contribution in [-0.2, 0) is 15.7 Å². The highest BCUT2D eigenvalue weighted by Crippen LogP contribution is 2.33. The molecule has 2 aromatic rings. The number of esters is 1. The van der Waals surface area contributed by atoms with Crippen LogP contribution in [0.25, 0.3) is 0 Å². The normalized spacial score (nSPS) is 15.2. The van der Waals surface area contributed by atoms with Gasteiger partial charge in [-0.05, 0) is 44.0 Å². The van der Waals surface area contributed by atoms with E-state index in [4.69, 9.17) is 10.5 Å². The van der Waals surface area contributed by atoms with Crippen LogP contribution in [-0.4, -0.2) is 35.6 Å². The Bertz CT molecular complexity index is 850. The predicted octanol–water partition coefficient (Wildman–Crippen LogP) is 3.60. The first-order chi connectivity index (χ1) is 13.8. The van der Waals surface area contributed by atoms with Crippen molar-refractivity contribution >= 4 is 29.0 Å². The van der Waals surface area contributed by atoms with E-state index in [0.717, 1.165) is 12.1 Å². The second-order valence-electron chi connectivity index (χ2n) is 6.67. The highest BCUT2D eigenvalue weighted by atomic mass is 19.4. The van der Waals surface area contributed by atoms with Gasteiger partial charge in [0.1, 0.15) is 12.0 Å². The number of nitrogens with two attached hydrogens (primary N) is 1. The highest BCUT2D eigenvalue weighted by Gasteiger charge is 2.30. The molecule has 29 heavy (non-hydrogen) atoms. The van der Waals surface area contributed by atoms with Crippen LogP contribution in [0.5, 0.6) is 0 Å². The van der Waals surface area contributed by atoms with Gasteiger partial charge in [0.25, 0.3) is 0 Å². The van der Waals surface area contributed by atoms with Crippen LogP contribution < -0.4 is 16.0 Å². The van der Waals surface area contributed by atoms with Gasteiger partial charge in [0.05, 0.1) is 18.1 Å². The third kappa shape index (κ3) is 4.87. The minimum Gasteiger partial charge on any atom is -0.466 e. The molecule has 0 radical (unpaired) electrons. The van der Waals surface area contributed by atoms with Gasteiger partial charge < -0.3 is 20.7 Å². The molecule has 0 atom stereocenters. The molecule has 3 rings (SSSR count). The van der Waals surface area contributed by atoms with Gasteiger partial charge in [0, 0.05) is 18.8 Å². The maximum atomic E-state index is 12.7. The predicted molar refractivity (Wildman–Crippen MR) is 103 cm³/mol. The fraction of sp³-hybridized carbons (Fsp3) is 0.421. The Kier molecular flexibility index (Phi) is 6.09. The fourth-order valence-electron chi connectivity index (χ4n) is 3.20. The van der Waals surface area contributed by atoms with Crippen molar-refractivity contribution in [3.63, 3.8) is 0 Å². The fourth-order valence-corrected chi connectivity index (χ4v) is 3.20. The third-order valence-electron chi connectivity index (χ3n) is 4.75. The molecule has 7 nitrogen and oxygen atoms in total. The minimum absolute atomic E-state index is 0.140. The Balaban J connectivity index is 1.69. The van der Waals surface area contributed by atoms with E-state index in [-0.39, 0.29) is 11.9 Å². The lowest BCUT2D eigenvalue weighted by atomic mass is 9.97. The van der Waals surface area contributed by atoms with Crippen molar-refractivity contribution in [1.82, 2.24) is 9.97 Å². The van der Waals surface area contributed by atoms with Crippen molar-refractivity contribution < 1.29 is 22.7 Å². The second kappa shape index (κ2) is 8.54. The Hall–Kier alpha value is -3.04. The first-order valence-corrected chi connectivity index (χ1v) is 9.26. The van der Waals surface area contributed by atoms with Gasteiger partial charge in [-0.1, -0.05) is 0 Å². The van der Waals surface area contributed by atoms with Crippen molar-refractivity contribution in [1.29, 1.82) is 0 Å². The summed E-state index contributed by atoms with van der Waals surface area (Å²) < 4.78 is 43.2. The Morgan fingerprint density at radius 2 is 1.90 bits per heavy atom. The summed E-state index contributed by atoms with van der Waals surface area (Å²) in [6, 6.07) is 4.60. The van der Waals surface area contributed by atoms with Crippen LogP contribution in [0, 0.1) is 5.92 Å². The van der Waals surface area contributed by atoms with Gasteiger partial charge in [-0.25, -0.2) is 9.97 Å². The number of alkyl halides is 3. The van der Waals surface area contributed by atoms with Gasteiger partial charge in [0.15, 0.2) is 11.6 Å². The van der Waals surface area contributed by atoms with E-state index in [1.165, 1.54) is 18.5 Å². The summed E-state index contributed by atoms with van der Waals surface area (Å²) in [6.07, 6.45) is -1.79. The van der Waals surface area contributed by atoms with Crippen molar-refractivity contribution in [2.75, 3.05) is 35.6 Å². The SMILES string of the molecule is CCOC(=O)C1CCN(c2ncnc(Nc3ccc(C(F)(F)F)cc3)c2N)CC1. The number of benzene rings is 1. The number of nitrogen functional groups attached to an aromatic ring is 1. The Morgan fingerprint density at radius 3 is 2.48 bits per heavy atom. The molecule has 2 heterocycles. The number of carbonyl (C=O) groups is 1. The first kappa shape index (κ1) is 20.7. The number of anilines is 4. The maximum absolute atomic E-state index is 12.7. The molecule has 0 bridgehead atoms. The number of rotatable bonds is 5. The van der Waals surface area contributed by atoms with E-state index in [2.05, 4.69) is 15.3 Å². The number of halogens is 3. The van der Waals surface area contributed by atoms with Crippen LogP contribution in [0.2, 0.25) is 0 Å². The summed E-state index contributed by atoms with van der Waals surface area (Å²) in [6.45, 7) is 3.31. The number of hydrogen-bond donors (Lipinski definition) is 2. The van der Waals surface area contributed by atoms with E-state index in [9.17, 15) is 18.0 Å². The van der Waals surface area contributed by atoms with Crippen molar-refractivity contribution in [2.24, 2.45) is 5.92 Å². The molecule has 1 aromatic heterocycles. The lowest BCUT2D eigenvalue weighted by Gasteiger charge is -2.32. The molecule has 1 aliphatic rings. The molecule has 10 heteroatoms. The summed E-state index contributed by atoms with van der Waals surface area (Å²) in [5.41, 5.74) is 6.19. The molecule has 0 saturated carbocycles. The first-order valence-electron chi connectivity index (χ1n) is 9.26. The standard InChI is InChI=1S/C19H22F3N5O2/c1-2-29-18(28)12-7-9-27(10-8-12)17-15(23)16(24-11-25-17)26-14-5-3-13(4-6-14)19(20,21)22/h3-6,11-12H,2,7-10,23H2,1H3,(H,24,25,26). The van der Waals surface area contributed by atoms with E-state index in [0.29, 0.717) is 55.5 Å². The molecule has 0 amide bonds. The summed E-state index contributed by atoms with van der Waals surface area (Å²) in [4.78, 5) is 22.2. The van der Waals surface area contributed by atoms with Crippen LogP contribution in [0.1, 0.15) is 25.3 Å². The summed E-state index contributed by atoms with van der Waals surface area (Å²) in [5.74, 6) is 0.505. The van der Waals surface area contributed by atoms with E-state index < -0.39 is 11.7 Å². The van der Waals surface area contributed by atoms with E-state index in [1.54, 1.807) is 6.92 Å². The summed E-state index contributed by atoms with van der Waals surface area (Å²) in [5, 5.41) is 2.93. The number of aromatic nitrogens is 2. The smallest absolute Gasteiger partial charge is 0.416 e. The van der Waals surface area contributed by atoms with Crippen molar-refractivity contribution in [3.05, 3.63) is 36.2 Å². The zero-order valence-corrected chi connectivity index (χ0v) is 15.9. The molecule has 1 aliphatic heterocycles. The number of piperidine rings is 1. The van der Waals surface area contributed by atoms with Gasteiger partial charge in [-0.2, -0.15) is 13.2 Å². The number of nitrogens with zero attached hydrogens (tertiary/aromatic N) is 3. The number of hydrogen-bond acceptors (Lipinski definition) is 7. The maximum Gasteiger partial charge on any atom is 0.416 e. The number of ether oxygens (including phenoxy) is 1. The monoisotopic (exact) mass is 409 g/mol. The zero-order valence-electron chi connectivity index (χ0n) is 15.9. The largest absolute Gasteiger partial charge is 0.466 e. The molecule has 3 N–H and O–H groups in total. The second-order valence-corrected chi connectivity index (χ2v) is 6.67. The molecular weight excluding hydrogens is 387 g/mol. The quantitative estimate of drug-likeness (QED) is 0.729. The molecule has 0 spiro atoms. The van der Waals surface area contributed by atoms with Crippen LogP contribution >= 0.6 is 0 Å². The Morgan fingerprint density at radius 1 is 1.24 bits per heavy atom. The van der Waals surface area contributed by atoms with Crippen LogP contribution in [0.4, 0.5) is 36.2 Å². The van der Waals surface area contributed by atoms with E-state index in [1.807, 2.05) is 4.90 Å². The topological polar surface area (TPSA) is 93.4 Å². The molecule has 1 saturated heterocycles. The number of carbonyl (C=O) groups excluding carboxylic acids is 1. The average Bonchev–Trinajstić information content (AvgIpc) is 2.70. The van der Waals surface area contributed by atoms with Gasteiger partial charge in [0.2, 0.25) is 0 Å². The number of nitrogens with one attached hydrogen (secondary N) is 1. The van der Waals surface area contributed by atoms with Crippen LogP contribution in [0.3, 0.4) is 0 Å². The van der Waals surface area contributed by atoms with Crippen LogP contribution in [0.15, 0.2) is 30.6 Å². The molecule has 156 valence electrons. The molecule has 0 unspecified atom stereocenters. The minimum atomic E-state index is -4.39. The molecular formula is C19H22F3N5O2. The third-order valence-corrected chi connectivity index (χ3v) is 4.75. The lowest BCUT2D eigenvalue weighted by Crippen LogP contribution is -2.37. The Labute approximate surface area is 166 Å². The average molecular weight is 409 g/mol. The van der Waals surface area contributed by atoms with Gasteiger partial charge >= 0.3 is 12.1 Å². The van der Waals surface area contributed by atoms with Crippen molar-refractivity contribution in [2.45, 2.75) is 25.9 Å². The summed E-state index contributed by atoms with van der Waals surface area (Å²) >= 11 is 0. The summed E-state index contributed by atoms with van der Waals surface area (Å²) in [7, 11) is 0. The highest BCUT2D eigenvalue weighted by molar-refractivity contribution is 5.79. The van der Waals surface area contributed by atoms with Gasteiger partial charge in [-0.15, -0.1) is 0 Å². The molecule has 1 aromatic carbocycles. The van der Waals surface area contributed by atoms with Crippen molar-refractivity contribution in [3.8, 4) is 0 Å². The zero-order chi connectivity index (χ0) is 21.0. The van der Waals surface area contributed by atoms with Gasteiger partial charge in [-0.3, -0.25) is 4.79 Å².